The second kappa shape index (κ2) is 6.33. The third-order valence-corrected chi connectivity index (χ3v) is 2.73. The monoisotopic (exact) mass is 263 g/mol. The number of nitrogens with zero attached hydrogens (tertiary/aromatic N) is 2. The first-order chi connectivity index (χ1) is 9.19. The Kier molecular flexibility index (Phi) is 4.52. The van der Waals surface area contributed by atoms with Crippen molar-refractivity contribution in [2.75, 3.05) is 18.5 Å². The van der Waals surface area contributed by atoms with Crippen LogP contribution < -0.4 is 10.2 Å². The van der Waals surface area contributed by atoms with E-state index in [0.29, 0.717) is 19.1 Å². The number of nitrogens with one attached hydrogen (secondary N) is 1. The quantitative estimate of drug-likeness (QED) is 0.869. The zero-order valence-electron chi connectivity index (χ0n) is 11.2. The molecule has 0 spiro atoms. The van der Waals surface area contributed by atoms with Gasteiger partial charge in [-0.15, -0.1) is 0 Å². The van der Waals surface area contributed by atoms with Gasteiger partial charge in [0.15, 0.2) is 0 Å². The van der Waals surface area contributed by atoms with Crippen molar-refractivity contribution < 1.29 is 8.81 Å². The van der Waals surface area contributed by atoms with Crippen LogP contribution in [0.25, 0.3) is 0 Å². The molecule has 0 fully saturated rings. The van der Waals surface area contributed by atoms with E-state index in [1.807, 2.05) is 24.9 Å². The average molecular weight is 263 g/mol. The molecule has 2 rings (SSSR count). The second-order valence-corrected chi connectivity index (χ2v) is 4.39. The highest BCUT2D eigenvalue weighted by Crippen LogP contribution is 2.15. The van der Waals surface area contributed by atoms with Crippen molar-refractivity contribution in [1.82, 2.24) is 10.3 Å². The highest BCUT2D eigenvalue weighted by molar-refractivity contribution is 5.29. The van der Waals surface area contributed by atoms with Gasteiger partial charge in [-0.1, -0.05) is 19.1 Å². The molecule has 102 valence electrons. The third kappa shape index (κ3) is 3.79. The molecule has 2 aromatic rings. The van der Waals surface area contributed by atoms with Crippen LogP contribution in [0.15, 0.2) is 34.9 Å². The molecule has 1 heterocycles. The lowest BCUT2D eigenvalue weighted by molar-refractivity contribution is 0.542. The number of aromatic nitrogens is 1. The largest absolute Gasteiger partial charge is 0.432 e. The minimum Gasteiger partial charge on any atom is -0.432 e. The number of oxazole rings is 1. The van der Waals surface area contributed by atoms with Crippen LogP contribution in [-0.2, 0) is 13.1 Å². The van der Waals surface area contributed by atoms with E-state index in [2.05, 4.69) is 10.3 Å². The van der Waals surface area contributed by atoms with E-state index in [-0.39, 0.29) is 5.82 Å². The summed E-state index contributed by atoms with van der Waals surface area (Å²) in [4.78, 5) is 6.22. The summed E-state index contributed by atoms with van der Waals surface area (Å²) < 4.78 is 18.5. The van der Waals surface area contributed by atoms with Gasteiger partial charge in [-0.05, 0) is 24.2 Å². The fourth-order valence-electron chi connectivity index (χ4n) is 1.78. The minimum atomic E-state index is -0.230. The van der Waals surface area contributed by atoms with Gasteiger partial charge >= 0.3 is 0 Å². The molecule has 0 unspecified atom stereocenters. The fourth-order valence-corrected chi connectivity index (χ4v) is 1.78. The molecule has 19 heavy (non-hydrogen) atoms. The van der Waals surface area contributed by atoms with Crippen molar-refractivity contribution in [3.05, 3.63) is 47.6 Å². The molecule has 1 aromatic heterocycles. The molecule has 0 atom stereocenters. The molecule has 0 saturated heterocycles. The summed E-state index contributed by atoms with van der Waals surface area (Å²) in [6, 6.07) is 7.06. The Morgan fingerprint density at radius 1 is 1.42 bits per heavy atom. The van der Waals surface area contributed by atoms with Gasteiger partial charge < -0.3 is 14.6 Å². The molecule has 0 aliphatic rings. The van der Waals surface area contributed by atoms with Crippen molar-refractivity contribution in [2.24, 2.45) is 0 Å². The lowest BCUT2D eigenvalue weighted by Crippen LogP contribution is -2.17. The standard InChI is InChI=1S/C14H18FN3O/c1-3-16-8-13-10-19-14(17-13)18(2)9-11-5-4-6-12(15)7-11/h4-7,10,16H,3,8-9H2,1-2H3. The summed E-state index contributed by atoms with van der Waals surface area (Å²) in [5.41, 5.74) is 1.75. The molecular weight excluding hydrogens is 245 g/mol. The molecule has 5 heteroatoms. The van der Waals surface area contributed by atoms with Crippen LogP contribution in [-0.4, -0.2) is 18.6 Å². The summed E-state index contributed by atoms with van der Waals surface area (Å²) in [6.45, 7) is 4.17. The smallest absolute Gasteiger partial charge is 0.297 e. The van der Waals surface area contributed by atoms with Crippen LogP contribution in [0.2, 0.25) is 0 Å². The molecular formula is C14H18FN3O. The van der Waals surface area contributed by atoms with Gasteiger partial charge in [0.05, 0.1) is 5.69 Å². The van der Waals surface area contributed by atoms with Gasteiger partial charge in [0.25, 0.3) is 6.01 Å². The van der Waals surface area contributed by atoms with Gasteiger partial charge in [0, 0.05) is 20.1 Å². The Bertz CT molecular complexity index is 527. The van der Waals surface area contributed by atoms with Crippen LogP contribution in [0.1, 0.15) is 18.2 Å². The molecule has 4 nitrogen and oxygen atoms in total. The molecule has 0 aliphatic heterocycles. The fraction of sp³-hybridized carbons (Fsp3) is 0.357. The van der Waals surface area contributed by atoms with Gasteiger partial charge in [0.2, 0.25) is 0 Å². The van der Waals surface area contributed by atoms with Crippen LogP contribution in [0, 0.1) is 5.82 Å². The maximum Gasteiger partial charge on any atom is 0.297 e. The minimum absolute atomic E-state index is 0.230. The zero-order chi connectivity index (χ0) is 13.7. The van der Waals surface area contributed by atoms with Crippen molar-refractivity contribution >= 4 is 6.01 Å². The first-order valence-electron chi connectivity index (χ1n) is 6.29. The van der Waals surface area contributed by atoms with Crippen LogP contribution in [0.5, 0.6) is 0 Å². The predicted molar refractivity (Wildman–Crippen MR) is 72.4 cm³/mol. The van der Waals surface area contributed by atoms with Gasteiger partial charge in [-0.2, -0.15) is 4.98 Å². The van der Waals surface area contributed by atoms with E-state index in [4.69, 9.17) is 4.42 Å². The highest BCUT2D eigenvalue weighted by Gasteiger charge is 2.09. The van der Waals surface area contributed by atoms with E-state index < -0.39 is 0 Å². The van der Waals surface area contributed by atoms with Crippen molar-refractivity contribution in [2.45, 2.75) is 20.0 Å². The van der Waals surface area contributed by atoms with Crippen LogP contribution in [0.3, 0.4) is 0 Å². The van der Waals surface area contributed by atoms with Gasteiger partial charge in [-0.3, -0.25) is 0 Å². The van der Waals surface area contributed by atoms with E-state index in [0.717, 1.165) is 17.8 Å². The maximum absolute atomic E-state index is 13.1. The number of hydrogen-bond acceptors (Lipinski definition) is 4. The van der Waals surface area contributed by atoms with E-state index >= 15 is 0 Å². The number of benzene rings is 1. The Balaban J connectivity index is 1.99. The van der Waals surface area contributed by atoms with E-state index in [9.17, 15) is 4.39 Å². The number of halogens is 1. The molecule has 0 aliphatic carbocycles. The maximum atomic E-state index is 13.1. The van der Waals surface area contributed by atoms with Gasteiger partial charge in [0.1, 0.15) is 12.1 Å². The van der Waals surface area contributed by atoms with Crippen molar-refractivity contribution in [3.63, 3.8) is 0 Å². The molecule has 0 radical (unpaired) electrons. The predicted octanol–water partition coefficient (Wildman–Crippen LogP) is 2.56. The summed E-state index contributed by atoms with van der Waals surface area (Å²) in [5, 5.41) is 3.18. The Morgan fingerprint density at radius 2 is 2.26 bits per heavy atom. The van der Waals surface area contributed by atoms with Crippen LogP contribution in [0.4, 0.5) is 10.4 Å². The molecule has 1 aromatic carbocycles. The topological polar surface area (TPSA) is 41.3 Å². The van der Waals surface area contributed by atoms with E-state index in [1.54, 1.807) is 12.3 Å². The molecule has 0 amide bonds. The van der Waals surface area contributed by atoms with Crippen molar-refractivity contribution in [1.29, 1.82) is 0 Å². The summed E-state index contributed by atoms with van der Waals surface area (Å²) in [7, 11) is 1.87. The average Bonchev–Trinajstić information content (AvgIpc) is 2.85. The van der Waals surface area contributed by atoms with Crippen molar-refractivity contribution in [3.8, 4) is 0 Å². The van der Waals surface area contributed by atoms with Gasteiger partial charge in [-0.25, -0.2) is 4.39 Å². The number of anilines is 1. The lowest BCUT2D eigenvalue weighted by atomic mass is 10.2. The first-order valence-corrected chi connectivity index (χ1v) is 6.29. The zero-order valence-corrected chi connectivity index (χ0v) is 11.2. The van der Waals surface area contributed by atoms with E-state index in [1.165, 1.54) is 12.1 Å². The number of hydrogen-bond donors (Lipinski definition) is 1. The molecule has 0 bridgehead atoms. The van der Waals surface area contributed by atoms with Crippen LogP contribution >= 0.6 is 0 Å². The Morgan fingerprint density at radius 3 is 3.00 bits per heavy atom. The summed E-state index contributed by atoms with van der Waals surface area (Å²) in [5.74, 6) is -0.230. The normalized spacial score (nSPS) is 10.7. The molecule has 0 saturated carbocycles. The highest BCUT2D eigenvalue weighted by atomic mass is 19.1. The first kappa shape index (κ1) is 13.5. The summed E-state index contributed by atoms with van der Waals surface area (Å²) >= 11 is 0. The lowest BCUT2D eigenvalue weighted by Gasteiger charge is -2.14. The third-order valence-electron chi connectivity index (χ3n) is 2.73. The SMILES string of the molecule is CCNCc1coc(N(C)Cc2cccc(F)c2)n1. The Labute approximate surface area is 112 Å². The Hall–Kier alpha value is -1.88. The second-order valence-electron chi connectivity index (χ2n) is 4.39. The summed E-state index contributed by atoms with van der Waals surface area (Å²) in [6.07, 6.45) is 1.64. The molecule has 1 N–H and O–H groups in total. The number of rotatable bonds is 6.